The Morgan fingerprint density at radius 1 is 1.44 bits per heavy atom. The van der Waals surface area contributed by atoms with Gasteiger partial charge in [-0.15, -0.1) is 12.4 Å². The molecule has 16 heavy (non-hydrogen) atoms. The van der Waals surface area contributed by atoms with Gasteiger partial charge in [0.05, 0.1) is 0 Å². The molecule has 2 saturated heterocycles. The van der Waals surface area contributed by atoms with Crippen LogP contribution < -0.4 is 5.32 Å². The lowest BCUT2D eigenvalue weighted by Crippen LogP contribution is -2.54. The van der Waals surface area contributed by atoms with Crippen LogP contribution >= 0.6 is 12.4 Å². The van der Waals surface area contributed by atoms with Gasteiger partial charge in [0.25, 0.3) is 5.91 Å². The standard InChI is InChI=1S/C11H20N2O2.ClH/c1-9-8-13(6-5-12-9)11(14)10-4-2-3-7-15-10;/h9-10,12H,2-8H2,1H3;1H/t9-,10?;/m1./s1. The maximum atomic E-state index is 12.1. The molecule has 0 aromatic rings. The Balaban J connectivity index is 0.00000128. The number of piperazine rings is 1. The molecule has 2 heterocycles. The fourth-order valence-electron chi connectivity index (χ4n) is 2.27. The van der Waals surface area contributed by atoms with Gasteiger partial charge < -0.3 is 15.0 Å². The van der Waals surface area contributed by atoms with Gasteiger partial charge in [0.1, 0.15) is 6.10 Å². The van der Waals surface area contributed by atoms with E-state index in [-0.39, 0.29) is 24.4 Å². The van der Waals surface area contributed by atoms with E-state index >= 15 is 0 Å². The molecule has 4 nitrogen and oxygen atoms in total. The zero-order valence-corrected chi connectivity index (χ0v) is 10.6. The van der Waals surface area contributed by atoms with Crippen molar-refractivity contribution in [2.45, 2.75) is 38.3 Å². The van der Waals surface area contributed by atoms with Crippen molar-refractivity contribution in [3.05, 3.63) is 0 Å². The molecule has 0 spiro atoms. The average molecular weight is 249 g/mol. The second kappa shape index (κ2) is 6.42. The highest BCUT2D eigenvalue weighted by atomic mass is 35.5. The quantitative estimate of drug-likeness (QED) is 0.746. The number of halogens is 1. The Hall–Kier alpha value is -0.320. The lowest BCUT2D eigenvalue weighted by molar-refractivity contribution is -0.147. The van der Waals surface area contributed by atoms with Crippen molar-refractivity contribution < 1.29 is 9.53 Å². The van der Waals surface area contributed by atoms with Crippen LogP contribution in [0.2, 0.25) is 0 Å². The van der Waals surface area contributed by atoms with Gasteiger partial charge in [-0.2, -0.15) is 0 Å². The Bertz CT molecular complexity index is 232. The van der Waals surface area contributed by atoms with Gasteiger partial charge in [-0.05, 0) is 26.2 Å². The van der Waals surface area contributed by atoms with Crippen molar-refractivity contribution in [2.24, 2.45) is 0 Å². The molecule has 2 atom stereocenters. The summed E-state index contributed by atoms with van der Waals surface area (Å²) in [5.74, 6) is 0.197. The summed E-state index contributed by atoms with van der Waals surface area (Å²) in [4.78, 5) is 14.0. The third kappa shape index (κ3) is 3.34. The van der Waals surface area contributed by atoms with Crippen molar-refractivity contribution in [1.29, 1.82) is 0 Å². The highest BCUT2D eigenvalue weighted by Gasteiger charge is 2.28. The Kier molecular flexibility index (Phi) is 5.52. The van der Waals surface area contributed by atoms with Crippen molar-refractivity contribution in [3.8, 4) is 0 Å². The van der Waals surface area contributed by atoms with Crippen molar-refractivity contribution in [3.63, 3.8) is 0 Å². The fourth-order valence-corrected chi connectivity index (χ4v) is 2.27. The number of nitrogens with zero attached hydrogens (tertiary/aromatic N) is 1. The largest absolute Gasteiger partial charge is 0.368 e. The number of hydrogen-bond acceptors (Lipinski definition) is 3. The van der Waals surface area contributed by atoms with Crippen LogP contribution in [0.25, 0.3) is 0 Å². The summed E-state index contributed by atoms with van der Waals surface area (Å²) in [5.41, 5.74) is 0. The first kappa shape index (κ1) is 13.7. The van der Waals surface area contributed by atoms with Crippen molar-refractivity contribution in [1.82, 2.24) is 10.2 Å². The predicted octanol–water partition coefficient (Wildman–Crippen LogP) is 0.798. The van der Waals surface area contributed by atoms with E-state index in [2.05, 4.69) is 12.2 Å². The number of rotatable bonds is 1. The third-order valence-electron chi connectivity index (χ3n) is 3.14. The summed E-state index contributed by atoms with van der Waals surface area (Å²) in [6.07, 6.45) is 2.96. The van der Waals surface area contributed by atoms with Crippen LogP contribution in [0.1, 0.15) is 26.2 Å². The van der Waals surface area contributed by atoms with Gasteiger partial charge in [0, 0.05) is 32.3 Å². The molecule has 94 valence electrons. The molecular weight excluding hydrogens is 228 g/mol. The normalized spacial score (nSPS) is 30.7. The summed E-state index contributed by atoms with van der Waals surface area (Å²) in [6.45, 7) is 5.40. The number of amides is 1. The topological polar surface area (TPSA) is 41.6 Å². The number of carbonyl (C=O) groups is 1. The minimum atomic E-state index is -0.163. The molecular formula is C11H21ClN2O2. The lowest BCUT2D eigenvalue weighted by Gasteiger charge is -2.35. The molecule has 1 amide bonds. The molecule has 5 heteroatoms. The van der Waals surface area contributed by atoms with Gasteiger partial charge in [-0.25, -0.2) is 0 Å². The first-order chi connectivity index (χ1) is 7.27. The summed E-state index contributed by atoms with van der Waals surface area (Å²) in [5, 5.41) is 3.34. The first-order valence-electron chi connectivity index (χ1n) is 5.91. The van der Waals surface area contributed by atoms with E-state index < -0.39 is 0 Å². The van der Waals surface area contributed by atoms with Gasteiger partial charge in [-0.1, -0.05) is 0 Å². The maximum absolute atomic E-state index is 12.1. The van der Waals surface area contributed by atoms with Crippen LogP contribution in [0, 0.1) is 0 Å². The van der Waals surface area contributed by atoms with E-state index in [1.54, 1.807) is 0 Å². The second-order valence-corrected chi connectivity index (χ2v) is 4.49. The Labute approximate surface area is 103 Å². The number of ether oxygens (including phenoxy) is 1. The molecule has 0 aliphatic carbocycles. The molecule has 0 aromatic carbocycles. The van der Waals surface area contributed by atoms with Crippen LogP contribution in [0.4, 0.5) is 0 Å². The lowest BCUT2D eigenvalue weighted by atomic mass is 10.1. The maximum Gasteiger partial charge on any atom is 0.251 e. The van der Waals surface area contributed by atoms with Gasteiger partial charge in [-0.3, -0.25) is 4.79 Å². The van der Waals surface area contributed by atoms with E-state index in [1.807, 2.05) is 4.90 Å². The Morgan fingerprint density at radius 3 is 2.88 bits per heavy atom. The van der Waals surface area contributed by atoms with Gasteiger partial charge >= 0.3 is 0 Å². The fraction of sp³-hybridized carbons (Fsp3) is 0.909. The van der Waals surface area contributed by atoms with E-state index in [9.17, 15) is 4.79 Å². The molecule has 0 saturated carbocycles. The van der Waals surface area contributed by atoms with Gasteiger partial charge in [0.15, 0.2) is 0 Å². The van der Waals surface area contributed by atoms with E-state index in [4.69, 9.17) is 4.74 Å². The number of nitrogens with one attached hydrogen (secondary N) is 1. The second-order valence-electron chi connectivity index (χ2n) is 4.49. The Morgan fingerprint density at radius 2 is 2.25 bits per heavy atom. The van der Waals surface area contributed by atoms with E-state index in [0.717, 1.165) is 45.5 Å². The molecule has 2 aliphatic rings. The number of hydrogen-bond donors (Lipinski definition) is 1. The first-order valence-corrected chi connectivity index (χ1v) is 5.91. The van der Waals surface area contributed by atoms with E-state index in [1.165, 1.54) is 0 Å². The molecule has 0 aromatic heterocycles. The summed E-state index contributed by atoms with van der Waals surface area (Å²) in [6, 6.07) is 0.409. The highest BCUT2D eigenvalue weighted by Crippen LogP contribution is 2.15. The van der Waals surface area contributed by atoms with E-state index in [0.29, 0.717) is 6.04 Å². The molecule has 2 aliphatic heterocycles. The van der Waals surface area contributed by atoms with Crippen LogP contribution in [0.3, 0.4) is 0 Å². The predicted molar refractivity (Wildman–Crippen MR) is 64.9 cm³/mol. The SMILES string of the molecule is C[C@@H]1CN(C(=O)C2CCCCO2)CCN1.Cl. The van der Waals surface area contributed by atoms with Crippen LogP contribution in [-0.2, 0) is 9.53 Å². The average Bonchev–Trinajstić information content (AvgIpc) is 2.29. The zero-order valence-electron chi connectivity index (χ0n) is 9.78. The molecule has 0 bridgehead atoms. The van der Waals surface area contributed by atoms with Crippen LogP contribution in [0.15, 0.2) is 0 Å². The van der Waals surface area contributed by atoms with Crippen LogP contribution in [0.5, 0.6) is 0 Å². The smallest absolute Gasteiger partial charge is 0.251 e. The summed E-state index contributed by atoms with van der Waals surface area (Å²) in [7, 11) is 0. The molecule has 2 rings (SSSR count). The molecule has 0 radical (unpaired) electrons. The minimum absolute atomic E-state index is 0. The zero-order chi connectivity index (χ0) is 10.7. The molecule has 1 unspecified atom stereocenters. The van der Waals surface area contributed by atoms with Crippen molar-refractivity contribution in [2.75, 3.05) is 26.2 Å². The third-order valence-corrected chi connectivity index (χ3v) is 3.14. The minimum Gasteiger partial charge on any atom is -0.368 e. The molecule has 1 N–H and O–H groups in total. The summed E-state index contributed by atoms with van der Waals surface area (Å²) >= 11 is 0. The number of carbonyl (C=O) groups excluding carboxylic acids is 1. The van der Waals surface area contributed by atoms with Gasteiger partial charge in [0.2, 0.25) is 0 Å². The monoisotopic (exact) mass is 248 g/mol. The summed E-state index contributed by atoms with van der Waals surface area (Å²) < 4.78 is 5.52. The highest BCUT2D eigenvalue weighted by molar-refractivity contribution is 5.85. The molecule has 2 fully saturated rings. The van der Waals surface area contributed by atoms with Crippen molar-refractivity contribution >= 4 is 18.3 Å². The van der Waals surface area contributed by atoms with Crippen LogP contribution in [-0.4, -0.2) is 49.2 Å².